The Bertz CT molecular complexity index is 937. The standard InChI is InChI=1S/C20H15BrN2O4/c1-22-20(19(26)27-2,13-8-10-14(21)11-9-13)16-12-17(24)23(18(16)25)15-6-4-3-5-7-15/h3-11,16H,12H2,2H3/t16-,20-/m0/s1. The number of amides is 2. The minimum Gasteiger partial charge on any atom is -0.463 e. The van der Waals surface area contributed by atoms with E-state index in [1.807, 2.05) is 0 Å². The maximum absolute atomic E-state index is 13.1. The topological polar surface area (TPSA) is 68.0 Å². The summed E-state index contributed by atoms with van der Waals surface area (Å²) in [7, 11) is 1.16. The van der Waals surface area contributed by atoms with Gasteiger partial charge in [-0.15, -0.1) is 0 Å². The molecule has 1 saturated heterocycles. The molecule has 6 nitrogen and oxygen atoms in total. The average Bonchev–Trinajstić information content (AvgIpc) is 2.99. The van der Waals surface area contributed by atoms with Gasteiger partial charge in [0.05, 0.1) is 12.8 Å². The van der Waals surface area contributed by atoms with Crippen molar-refractivity contribution in [1.29, 1.82) is 0 Å². The zero-order chi connectivity index (χ0) is 19.6. The molecule has 0 aliphatic carbocycles. The fourth-order valence-corrected chi connectivity index (χ4v) is 3.58. The molecule has 2 amide bonds. The summed E-state index contributed by atoms with van der Waals surface area (Å²) in [5, 5.41) is 0. The fraction of sp³-hybridized carbons (Fsp3) is 0.200. The van der Waals surface area contributed by atoms with Gasteiger partial charge in [0.2, 0.25) is 11.8 Å². The van der Waals surface area contributed by atoms with Crippen molar-refractivity contribution in [2.75, 3.05) is 12.0 Å². The molecule has 0 radical (unpaired) electrons. The van der Waals surface area contributed by atoms with E-state index in [0.717, 1.165) is 16.5 Å². The van der Waals surface area contributed by atoms with Crippen LogP contribution in [-0.2, 0) is 24.7 Å². The Morgan fingerprint density at radius 1 is 1.19 bits per heavy atom. The first kappa shape index (κ1) is 18.8. The second-order valence-corrected chi connectivity index (χ2v) is 6.95. The molecule has 1 aliphatic rings. The van der Waals surface area contributed by atoms with Gasteiger partial charge in [0.25, 0.3) is 0 Å². The zero-order valence-corrected chi connectivity index (χ0v) is 16.0. The summed E-state index contributed by atoms with van der Waals surface area (Å²) in [5.41, 5.74) is -1.20. The van der Waals surface area contributed by atoms with E-state index in [4.69, 9.17) is 11.3 Å². The highest BCUT2D eigenvalue weighted by Gasteiger charge is 2.63. The van der Waals surface area contributed by atoms with E-state index in [1.165, 1.54) is 0 Å². The number of nitrogens with zero attached hydrogens (tertiary/aromatic N) is 2. The Hall–Kier alpha value is -2.98. The van der Waals surface area contributed by atoms with Crippen LogP contribution in [0.2, 0.25) is 0 Å². The number of halogens is 1. The Balaban J connectivity index is 2.12. The minimum absolute atomic E-state index is 0.249. The van der Waals surface area contributed by atoms with Crippen molar-refractivity contribution in [1.82, 2.24) is 0 Å². The Morgan fingerprint density at radius 2 is 1.81 bits per heavy atom. The molecule has 0 N–H and O–H groups in total. The lowest BCUT2D eigenvalue weighted by molar-refractivity contribution is -0.149. The van der Waals surface area contributed by atoms with Crippen LogP contribution in [0.5, 0.6) is 0 Å². The van der Waals surface area contributed by atoms with Gasteiger partial charge < -0.3 is 4.74 Å². The monoisotopic (exact) mass is 426 g/mol. The number of carbonyl (C=O) groups excluding carboxylic acids is 3. The number of hydrogen-bond donors (Lipinski definition) is 0. The molecule has 0 unspecified atom stereocenters. The maximum atomic E-state index is 13.1. The number of hydrogen-bond acceptors (Lipinski definition) is 4. The Morgan fingerprint density at radius 3 is 2.37 bits per heavy atom. The van der Waals surface area contributed by atoms with Gasteiger partial charge in [-0.3, -0.25) is 19.3 Å². The summed E-state index contributed by atoms with van der Waals surface area (Å²) in [6, 6.07) is 15.0. The number of ether oxygens (including phenoxy) is 1. The Labute approximate surface area is 164 Å². The van der Waals surface area contributed by atoms with E-state index in [0.29, 0.717) is 11.3 Å². The van der Waals surface area contributed by atoms with Crippen molar-refractivity contribution in [3.8, 4) is 0 Å². The normalized spacial score (nSPS) is 18.7. The number of imide groups is 1. The molecule has 27 heavy (non-hydrogen) atoms. The molecule has 136 valence electrons. The minimum atomic E-state index is -1.92. The second kappa shape index (κ2) is 7.33. The van der Waals surface area contributed by atoms with E-state index in [-0.39, 0.29) is 6.42 Å². The quantitative estimate of drug-likeness (QED) is 0.427. The molecular formula is C20H15BrN2O4. The van der Waals surface area contributed by atoms with Crippen molar-refractivity contribution in [2.24, 2.45) is 5.92 Å². The lowest BCUT2D eigenvalue weighted by atomic mass is 9.77. The van der Waals surface area contributed by atoms with Crippen molar-refractivity contribution in [3.05, 3.63) is 76.1 Å². The number of benzene rings is 2. The van der Waals surface area contributed by atoms with Gasteiger partial charge >= 0.3 is 11.5 Å². The number of rotatable bonds is 4. The van der Waals surface area contributed by atoms with Crippen LogP contribution in [0, 0.1) is 12.5 Å². The van der Waals surface area contributed by atoms with Gasteiger partial charge in [-0.05, 0) is 36.4 Å². The molecule has 0 saturated carbocycles. The van der Waals surface area contributed by atoms with Gasteiger partial charge in [-0.25, -0.2) is 11.4 Å². The average molecular weight is 427 g/mol. The number of anilines is 1. The van der Waals surface area contributed by atoms with Crippen LogP contribution < -0.4 is 4.90 Å². The summed E-state index contributed by atoms with van der Waals surface area (Å²) in [6.45, 7) is 7.75. The largest absolute Gasteiger partial charge is 0.463 e. The summed E-state index contributed by atoms with van der Waals surface area (Å²) in [5.74, 6) is -3.07. The number of para-hydroxylation sites is 1. The zero-order valence-electron chi connectivity index (χ0n) is 14.4. The molecule has 0 bridgehead atoms. The first-order valence-corrected chi connectivity index (χ1v) is 8.90. The van der Waals surface area contributed by atoms with Crippen molar-refractivity contribution in [2.45, 2.75) is 12.0 Å². The maximum Gasteiger partial charge on any atom is 0.399 e. The van der Waals surface area contributed by atoms with Crippen molar-refractivity contribution < 1.29 is 19.1 Å². The number of methoxy groups -OCH3 is 1. The van der Waals surface area contributed by atoms with E-state index in [1.54, 1.807) is 54.6 Å². The van der Waals surface area contributed by atoms with Gasteiger partial charge in [0.15, 0.2) is 0 Å². The predicted octanol–water partition coefficient (Wildman–Crippen LogP) is 3.32. The summed E-state index contributed by atoms with van der Waals surface area (Å²) in [4.78, 5) is 43.0. The molecule has 0 spiro atoms. The molecule has 2 atom stereocenters. The fourth-order valence-electron chi connectivity index (χ4n) is 3.32. The van der Waals surface area contributed by atoms with Crippen LogP contribution >= 0.6 is 15.9 Å². The number of carbonyl (C=O) groups is 3. The molecular weight excluding hydrogens is 412 g/mol. The third-order valence-electron chi connectivity index (χ3n) is 4.62. The van der Waals surface area contributed by atoms with Crippen LogP contribution in [0.15, 0.2) is 59.1 Å². The van der Waals surface area contributed by atoms with Crippen LogP contribution in [0.3, 0.4) is 0 Å². The highest BCUT2D eigenvalue weighted by Crippen LogP contribution is 2.43. The van der Waals surface area contributed by atoms with Crippen LogP contribution in [0.25, 0.3) is 4.85 Å². The van der Waals surface area contributed by atoms with E-state index < -0.39 is 29.2 Å². The van der Waals surface area contributed by atoms with Crippen LogP contribution in [-0.4, -0.2) is 24.9 Å². The number of esters is 1. The first-order valence-electron chi connectivity index (χ1n) is 8.10. The van der Waals surface area contributed by atoms with E-state index in [9.17, 15) is 14.4 Å². The third kappa shape index (κ3) is 3.02. The molecule has 1 fully saturated rings. The third-order valence-corrected chi connectivity index (χ3v) is 5.15. The highest BCUT2D eigenvalue weighted by molar-refractivity contribution is 9.10. The molecule has 2 aromatic carbocycles. The van der Waals surface area contributed by atoms with Crippen LogP contribution in [0.4, 0.5) is 5.69 Å². The first-order chi connectivity index (χ1) is 13.0. The second-order valence-electron chi connectivity index (χ2n) is 6.04. The van der Waals surface area contributed by atoms with Gasteiger partial charge in [-0.1, -0.05) is 34.1 Å². The lowest BCUT2D eigenvalue weighted by Crippen LogP contribution is -2.45. The summed E-state index contributed by atoms with van der Waals surface area (Å²) < 4.78 is 5.64. The molecule has 1 aliphatic heterocycles. The van der Waals surface area contributed by atoms with Gasteiger partial charge in [0, 0.05) is 16.5 Å². The molecule has 7 heteroatoms. The molecule has 3 rings (SSSR count). The predicted molar refractivity (Wildman–Crippen MR) is 101 cm³/mol. The van der Waals surface area contributed by atoms with E-state index in [2.05, 4.69) is 20.8 Å². The smallest absolute Gasteiger partial charge is 0.399 e. The molecule has 2 aromatic rings. The molecule has 0 aromatic heterocycles. The van der Waals surface area contributed by atoms with Crippen molar-refractivity contribution >= 4 is 39.4 Å². The van der Waals surface area contributed by atoms with Crippen molar-refractivity contribution in [3.63, 3.8) is 0 Å². The molecule has 1 heterocycles. The summed E-state index contributed by atoms with van der Waals surface area (Å²) >= 11 is 3.31. The van der Waals surface area contributed by atoms with Gasteiger partial charge in [0.1, 0.15) is 5.92 Å². The summed E-state index contributed by atoms with van der Waals surface area (Å²) in [6.07, 6.45) is -0.249. The van der Waals surface area contributed by atoms with E-state index >= 15 is 0 Å². The van der Waals surface area contributed by atoms with Crippen LogP contribution in [0.1, 0.15) is 12.0 Å². The van der Waals surface area contributed by atoms with Gasteiger partial charge in [-0.2, -0.15) is 0 Å². The Kier molecular flexibility index (Phi) is 5.10. The SMILES string of the molecule is [C-]#[N+][C@@](C(=O)OC)(c1ccc(Br)cc1)[C@H]1CC(=O)N(c2ccccc2)C1=O. The highest BCUT2D eigenvalue weighted by atomic mass is 79.9. The lowest BCUT2D eigenvalue weighted by Gasteiger charge is -2.24.